The lowest BCUT2D eigenvalue weighted by atomic mass is 9.74. The van der Waals surface area contributed by atoms with Crippen molar-refractivity contribution in [3.05, 3.63) is 0 Å². The Kier molecular flexibility index (Phi) is 5.01. The second kappa shape index (κ2) is 6.53. The SMILES string of the molecule is CCCC1(C(=O)NC2CCCOC2)CCNCC1. The molecule has 1 amide bonds. The molecule has 1 unspecified atom stereocenters. The number of ether oxygens (including phenoxy) is 1. The van der Waals surface area contributed by atoms with Crippen molar-refractivity contribution in [2.75, 3.05) is 26.3 Å². The summed E-state index contributed by atoms with van der Waals surface area (Å²) < 4.78 is 5.44. The summed E-state index contributed by atoms with van der Waals surface area (Å²) in [4.78, 5) is 12.6. The highest BCUT2D eigenvalue weighted by Crippen LogP contribution is 2.34. The number of rotatable bonds is 4. The van der Waals surface area contributed by atoms with Crippen LogP contribution in [0.1, 0.15) is 45.4 Å². The average molecular weight is 254 g/mol. The molecule has 4 nitrogen and oxygen atoms in total. The molecule has 2 fully saturated rings. The molecule has 2 saturated heterocycles. The van der Waals surface area contributed by atoms with Gasteiger partial charge in [0.1, 0.15) is 0 Å². The maximum atomic E-state index is 12.6. The average Bonchev–Trinajstić information content (AvgIpc) is 2.41. The van der Waals surface area contributed by atoms with Gasteiger partial charge in [0.2, 0.25) is 5.91 Å². The van der Waals surface area contributed by atoms with E-state index in [0.717, 1.165) is 58.2 Å². The number of carbonyl (C=O) groups excluding carboxylic acids is 1. The van der Waals surface area contributed by atoms with Crippen LogP contribution in [0.5, 0.6) is 0 Å². The van der Waals surface area contributed by atoms with Crippen molar-refractivity contribution in [2.24, 2.45) is 5.41 Å². The van der Waals surface area contributed by atoms with Crippen LogP contribution in [-0.4, -0.2) is 38.3 Å². The third-order valence-corrected chi connectivity index (χ3v) is 4.27. The smallest absolute Gasteiger partial charge is 0.226 e. The minimum atomic E-state index is -0.128. The van der Waals surface area contributed by atoms with Gasteiger partial charge in [-0.25, -0.2) is 0 Å². The van der Waals surface area contributed by atoms with Gasteiger partial charge in [-0.2, -0.15) is 0 Å². The fourth-order valence-corrected chi connectivity index (χ4v) is 3.17. The predicted octanol–water partition coefficient (Wildman–Crippen LogP) is 1.45. The fraction of sp³-hybridized carbons (Fsp3) is 0.929. The van der Waals surface area contributed by atoms with Gasteiger partial charge in [0, 0.05) is 6.61 Å². The molecule has 2 N–H and O–H groups in total. The van der Waals surface area contributed by atoms with Gasteiger partial charge in [-0.3, -0.25) is 4.79 Å². The third kappa shape index (κ3) is 3.23. The molecular weight excluding hydrogens is 228 g/mol. The summed E-state index contributed by atoms with van der Waals surface area (Å²) >= 11 is 0. The van der Waals surface area contributed by atoms with Crippen molar-refractivity contribution in [1.29, 1.82) is 0 Å². The van der Waals surface area contributed by atoms with Crippen LogP contribution in [0.2, 0.25) is 0 Å². The van der Waals surface area contributed by atoms with E-state index in [1.807, 2.05) is 0 Å². The first-order valence-corrected chi connectivity index (χ1v) is 7.36. The monoisotopic (exact) mass is 254 g/mol. The minimum Gasteiger partial charge on any atom is -0.379 e. The molecule has 0 aromatic heterocycles. The Hall–Kier alpha value is -0.610. The second-order valence-corrected chi connectivity index (χ2v) is 5.67. The molecule has 0 bridgehead atoms. The number of amides is 1. The molecule has 4 heteroatoms. The van der Waals surface area contributed by atoms with E-state index in [0.29, 0.717) is 6.61 Å². The third-order valence-electron chi connectivity index (χ3n) is 4.27. The van der Waals surface area contributed by atoms with Gasteiger partial charge < -0.3 is 15.4 Å². The first-order valence-electron chi connectivity index (χ1n) is 7.36. The lowest BCUT2D eigenvalue weighted by Gasteiger charge is -2.37. The Labute approximate surface area is 110 Å². The van der Waals surface area contributed by atoms with Crippen molar-refractivity contribution in [3.8, 4) is 0 Å². The topological polar surface area (TPSA) is 50.4 Å². The first-order chi connectivity index (χ1) is 8.77. The molecule has 18 heavy (non-hydrogen) atoms. The molecule has 2 aliphatic rings. The van der Waals surface area contributed by atoms with Gasteiger partial charge in [-0.05, 0) is 45.2 Å². The van der Waals surface area contributed by atoms with E-state index in [-0.39, 0.29) is 17.4 Å². The summed E-state index contributed by atoms with van der Waals surface area (Å²) in [6, 6.07) is 0.231. The summed E-state index contributed by atoms with van der Waals surface area (Å²) in [6.45, 7) is 5.63. The van der Waals surface area contributed by atoms with Gasteiger partial charge >= 0.3 is 0 Å². The van der Waals surface area contributed by atoms with Gasteiger partial charge in [-0.1, -0.05) is 13.3 Å². The molecule has 0 aromatic carbocycles. The van der Waals surface area contributed by atoms with E-state index < -0.39 is 0 Å². The van der Waals surface area contributed by atoms with Crippen LogP contribution in [-0.2, 0) is 9.53 Å². The van der Waals surface area contributed by atoms with E-state index in [1.54, 1.807) is 0 Å². The molecule has 0 saturated carbocycles. The quantitative estimate of drug-likeness (QED) is 0.798. The maximum absolute atomic E-state index is 12.6. The van der Waals surface area contributed by atoms with Crippen molar-refractivity contribution >= 4 is 5.91 Å². The summed E-state index contributed by atoms with van der Waals surface area (Å²) in [5, 5.41) is 6.57. The normalized spacial score (nSPS) is 27.7. The minimum absolute atomic E-state index is 0.128. The predicted molar refractivity (Wildman–Crippen MR) is 71.4 cm³/mol. The lowest BCUT2D eigenvalue weighted by molar-refractivity contribution is -0.134. The maximum Gasteiger partial charge on any atom is 0.226 e. The largest absolute Gasteiger partial charge is 0.379 e. The van der Waals surface area contributed by atoms with Crippen LogP contribution in [0.15, 0.2) is 0 Å². The number of hydrogen-bond acceptors (Lipinski definition) is 3. The van der Waals surface area contributed by atoms with Crippen LogP contribution in [0, 0.1) is 5.41 Å². The van der Waals surface area contributed by atoms with Crippen LogP contribution in [0.25, 0.3) is 0 Å². The van der Waals surface area contributed by atoms with Gasteiger partial charge in [0.15, 0.2) is 0 Å². The summed E-state index contributed by atoms with van der Waals surface area (Å²) in [6.07, 6.45) is 6.16. The van der Waals surface area contributed by atoms with Crippen LogP contribution < -0.4 is 10.6 Å². The summed E-state index contributed by atoms with van der Waals surface area (Å²) in [7, 11) is 0. The van der Waals surface area contributed by atoms with E-state index in [1.165, 1.54) is 0 Å². The Bertz CT molecular complexity index is 263. The Balaban J connectivity index is 1.94. The molecule has 2 aliphatic heterocycles. The molecule has 0 aliphatic carbocycles. The van der Waals surface area contributed by atoms with E-state index in [2.05, 4.69) is 17.6 Å². The molecule has 2 heterocycles. The van der Waals surface area contributed by atoms with Crippen LogP contribution in [0.3, 0.4) is 0 Å². The molecule has 2 rings (SSSR count). The molecule has 1 atom stereocenters. The number of hydrogen-bond donors (Lipinski definition) is 2. The Morgan fingerprint density at radius 2 is 2.22 bits per heavy atom. The summed E-state index contributed by atoms with van der Waals surface area (Å²) in [5.74, 6) is 0.265. The highest BCUT2D eigenvalue weighted by molar-refractivity contribution is 5.83. The molecule has 0 radical (unpaired) electrons. The van der Waals surface area contributed by atoms with Crippen molar-refractivity contribution in [1.82, 2.24) is 10.6 Å². The highest BCUT2D eigenvalue weighted by Gasteiger charge is 2.39. The fourth-order valence-electron chi connectivity index (χ4n) is 3.17. The summed E-state index contributed by atoms with van der Waals surface area (Å²) in [5.41, 5.74) is -0.128. The molecule has 0 aromatic rings. The number of nitrogens with one attached hydrogen (secondary N) is 2. The first kappa shape index (κ1) is 13.8. The van der Waals surface area contributed by atoms with Crippen molar-refractivity contribution in [2.45, 2.75) is 51.5 Å². The standard InChI is InChI=1S/C14H26N2O2/c1-2-5-14(6-8-15-9-7-14)13(17)16-12-4-3-10-18-11-12/h12,15H,2-11H2,1H3,(H,16,17). The number of piperidine rings is 1. The van der Waals surface area contributed by atoms with Crippen LogP contribution >= 0.6 is 0 Å². The van der Waals surface area contributed by atoms with Crippen molar-refractivity contribution < 1.29 is 9.53 Å². The van der Waals surface area contributed by atoms with Crippen molar-refractivity contribution in [3.63, 3.8) is 0 Å². The zero-order valence-electron chi connectivity index (χ0n) is 11.5. The molecule has 104 valence electrons. The number of carbonyl (C=O) groups is 1. The zero-order valence-corrected chi connectivity index (χ0v) is 11.5. The molecular formula is C14H26N2O2. The van der Waals surface area contributed by atoms with Gasteiger partial charge in [0.05, 0.1) is 18.1 Å². The van der Waals surface area contributed by atoms with E-state index in [9.17, 15) is 4.79 Å². The lowest BCUT2D eigenvalue weighted by Crippen LogP contribution is -2.51. The second-order valence-electron chi connectivity index (χ2n) is 5.67. The highest BCUT2D eigenvalue weighted by atomic mass is 16.5. The van der Waals surface area contributed by atoms with E-state index in [4.69, 9.17) is 4.74 Å². The zero-order chi connectivity index (χ0) is 12.8. The molecule has 0 spiro atoms. The van der Waals surface area contributed by atoms with Gasteiger partial charge in [-0.15, -0.1) is 0 Å². The Morgan fingerprint density at radius 1 is 1.44 bits per heavy atom. The van der Waals surface area contributed by atoms with Gasteiger partial charge in [0.25, 0.3) is 0 Å². The van der Waals surface area contributed by atoms with E-state index >= 15 is 0 Å². The Morgan fingerprint density at radius 3 is 2.83 bits per heavy atom. The van der Waals surface area contributed by atoms with Crippen LogP contribution in [0.4, 0.5) is 0 Å².